The highest BCUT2D eigenvalue weighted by molar-refractivity contribution is 5.33. The number of rotatable bonds is 5. The zero-order valence-electron chi connectivity index (χ0n) is 13.7. The van der Waals surface area contributed by atoms with Gasteiger partial charge in [0, 0.05) is 25.8 Å². The molecule has 23 heavy (non-hydrogen) atoms. The third-order valence-electron chi connectivity index (χ3n) is 4.21. The van der Waals surface area contributed by atoms with E-state index in [1.54, 1.807) is 0 Å². The Balaban J connectivity index is 1.90. The summed E-state index contributed by atoms with van der Waals surface area (Å²) in [4.78, 5) is 7.15. The van der Waals surface area contributed by atoms with Gasteiger partial charge in [0.25, 0.3) is 0 Å². The molecule has 1 saturated heterocycles. The third-order valence-corrected chi connectivity index (χ3v) is 4.21. The van der Waals surface area contributed by atoms with Gasteiger partial charge in [0.1, 0.15) is 5.75 Å². The van der Waals surface area contributed by atoms with Crippen LogP contribution in [0.15, 0.2) is 48.7 Å². The second-order valence-electron chi connectivity index (χ2n) is 5.80. The third kappa shape index (κ3) is 4.09. The van der Waals surface area contributed by atoms with Gasteiger partial charge in [-0.2, -0.15) is 0 Å². The Bertz CT molecular complexity index is 577. The molecule has 0 amide bonds. The van der Waals surface area contributed by atoms with Crippen molar-refractivity contribution in [3.05, 3.63) is 59.9 Å². The molecule has 1 N–H and O–H groups in total. The maximum absolute atomic E-state index is 5.57. The van der Waals surface area contributed by atoms with Gasteiger partial charge in [0.05, 0.1) is 18.3 Å². The largest absolute Gasteiger partial charge is 0.494 e. The van der Waals surface area contributed by atoms with Crippen molar-refractivity contribution in [3.63, 3.8) is 0 Å². The maximum Gasteiger partial charge on any atom is 0.119 e. The lowest BCUT2D eigenvalue weighted by Gasteiger charge is -2.30. The number of nitrogens with zero attached hydrogens (tertiary/aromatic N) is 2. The van der Waals surface area contributed by atoms with E-state index in [0.29, 0.717) is 6.61 Å². The van der Waals surface area contributed by atoms with E-state index in [1.165, 1.54) is 12.0 Å². The molecule has 0 bridgehead atoms. The van der Waals surface area contributed by atoms with E-state index in [0.717, 1.165) is 37.6 Å². The Morgan fingerprint density at radius 2 is 2.00 bits per heavy atom. The first kappa shape index (κ1) is 16.0. The summed E-state index contributed by atoms with van der Waals surface area (Å²) >= 11 is 0. The SMILES string of the molecule is CCOc1ccc(C(c2ccccn2)N2CCCNCC2)cc1. The Hall–Kier alpha value is -1.91. The van der Waals surface area contributed by atoms with Gasteiger partial charge in [-0.15, -0.1) is 0 Å². The first-order chi connectivity index (χ1) is 11.4. The summed E-state index contributed by atoms with van der Waals surface area (Å²) in [6, 6.07) is 14.8. The summed E-state index contributed by atoms with van der Waals surface area (Å²) in [6.45, 7) is 6.95. The van der Waals surface area contributed by atoms with Crippen LogP contribution in [0.4, 0.5) is 0 Å². The van der Waals surface area contributed by atoms with Gasteiger partial charge in [0.2, 0.25) is 0 Å². The molecule has 0 radical (unpaired) electrons. The molecular weight excluding hydrogens is 286 g/mol. The Morgan fingerprint density at radius 3 is 2.74 bits per heavy atom. The van der Waals surface area contributed by atoms with Gasteiger partial charge in [-0.25, -0.2) is 0 Å². The average molecular weight is 311 g/mol. The molecule has 3 rings (SSSR count). The number of nitrogens with one attached hydrogen (secondary N) is 1. The summed E-state index contributed by atoms with van der Waals surface area (Å²) in [7, 11) is 0. The normalized spacial score (nSPS) is 17.4. The van der Waals surface area contributed by atoms with Crippen LogP contribution in [0.5, 0.6) is 5.75 Å². The summed E-state index contributed by atoms with van der Waals surface area (Å²) in [5.74, 6) is 0.925. The summed E-state index contributed by atoms with van der Waals surface area (Å²) in [5.41, 5.74) is 2.38. The molecule has 1 atom stereocenters. The van der Waals surface area contributed by atoms with E-state index in [4.69, 9.17) is 4.74 Å². The molecule has 4 heteroatoms. The molecule has 1 aromatic carbocycles. The molecule has 0 saturated carbocycles. The lowest BCUT2D eigenvalue weighted by Crippen LogP contribution is -2.33. The second kappa shape index (κ2) is 8.09. The molecule has 1 aromatic heterocycles. The molecule has 122 valence electrons. The monoisotopic (exact) mass is 311 g/mol. The van der Waals surface area contributed by atoms with Crippen LogP contribution in [0.3, 0.4) is 0 Å². The molecule has 4 nitrogen and oxygen atoms in total. The van der Waals surface area contributed by atoms with Crippen LogP contribution in [-0.4, -0.2) is 42.7 Å². The Labute approximate surface area is 138 Å². The highest BCUT2D eigenvalue weighted by atomic mass is 16.5. The molecule has 0 spiro atoms. The topological polar surface area (TPSA) is 37.4 Å². The lowest BCUT2D eigenvalue weighted by molar-refractivity contribution is 0.237. The van der Waals surface area contributed by atoms with Gasteiger partial charge in [-0.05, 0) is 49.7 Å². The second-order valence-corrected chi connectivity index (χ2v) is 5.80. The molecule has 1 fully saturated rings. The van der Waals surface area contributed by atoms with Gasteiger partial charge < -0.3 is 10.1 Å². The van der Waals surface area contributed by atoms with Gasteiger partial charge >= 0.3 is 0 Å². The van der Waals surface area contributed by atoms with Crippen molar-refractivity contribution >= 4 is 0 Å². The number of ether oxygens (including phenoxy) is 1. The summed E-state index contributed by atoms with van der Waals surface area (Å²) in [5, 5.41) is 3.48. The molecule has 0 aliphatic carbocycles. The van der Waals surface area contributed by atoms with Crippen molar-refractivity contribution in [3.8, 4) is 5.75 Å². The Morgan fingerprint density at radius 1 is 1.13 bits per heavy atom. The average Bonchev–Trinajstić information content (AvgIpc) is 2.87. The van der Waals surface area contributed by atoms with Crippen LogP contribution in [0.25, 0.3) is 0 Å². The standard InChI is InChI=1S/C19H25N3O/c1-2-23-17-9-7-16(8-10-17)19(18-6-3-4-12-21-18)22-14-5-11-20-13-15-22/h3-4,6-10,12,19-20H,2,5,11,13-15H2,1H3. The number of benzene rings is 1. The molecular formula is C19H25N3O. The van der Waals surface area contributed by atoms with Crippen molar-refractivity contribution in [2.24, 2.45) is 0 Å². The van der Waals surface area contributed by atoms with Gasteiger partial charge in [-0.3, -0.25) is 9.88 Å². The first-order valence-electron chi connectivity index (χ1n) is 8.47. The fourth-order valence-corrected chi connectivity index (χ4v) is 3.14. The van der Waals surface area contributed by atoms with E-state index in [-0.39, 0.29) is 6.04 Å². The van der Waals surface area contributed by atoms with Gasteiger partial charge in [0.15, 0.2) is 0 Å². The molecule has 1 aliphatic heterocycles. The molecule has 1 aliphatic rings. The van der Waals surface area contributed by atoms with Crippen LogP contribution < -0.4 is 10.1 Å². The highest BCUT2D eigenvalue weighted by Crippen LogP contribution is 2.29. The minimum Gasteiger partial charge on any atom is -0.494 e. The minimum absolute atomic E-state index is 0.201. The van der Waals surface area contributed by atoms with Crippen LogP contribution in [0.1, 0.15) is 30.6 Å². The molecule has 2 aromatic rings. The van der Waals surface area contributed by atoms with Crippen LogP contribution in [0, 0.1) is 0 Å². The summed E-state index contributed by atoms with van der Waals surface area (Å²) < 4.78 is 5.57. The van der Waals surface area contributed by atoms with E-state index in [1.807, 2.05) is 19.2 Å². The first-order valence-corrected chi connectivity index (χ1v) is 8.47. The van der Waals surface area contributed by atoms with E-state index < -0.39 is 0 Å². The van der Waals surface area contributed by atoms with E-state index in [2.05, 4.69) is 51.6 Å². The van der Waals surface area contributed by atoms with E-state index in [9.17, 15) is 0 Å². The predicted molar refractivity (Wildman–Crippen MR) is 92.8 cm³/mol. The fourth-order valence-electron chi connectivity index (χ4n) is 3.14. The Kier molecular flexibility index (Phi) is 5.61. The van der Waals surface area contributed by atoms with Crippen LogP contribution >= 0.6 is 0 Å². The van der Waals surface area contributed by atoms with Crippen molar-refractivity contribution in [2.45, 2.75) is 19.4 Å². The van der Waals surface area contributed by atoms with Crippen molar-refractivity contribution in [1.82, 2.24) is 15.2 Å². The molecule has 1 unspecified atom stereocenters. The van der Waals surface area contributed by atoms with Crippen molar-refractivity contribution < 1.29 is 4.74 Å². The smallest absolute Gasteiger partial charge is 0.119 e. The number of pyridine rings is 1. The van der Waals surface area contributed by atoms with Gasteiger partial charge in [-0.1, -0.05) is 18.2 Å². The summed E-state index contributed by atoms with van der Waals surface area (Å²) in [6.07, 6.45) is 3.05. The van der Waals surface area contributed by atoms with Crippen molar-refractivity contribution in [2.75, 3.05) is 32.8 Å². The fraction of sp³-hybridized carbons (Fsp3) is 0.421. The maximum atomic E-state index is 5.57. The molecule has 2 heterocycles. The predicted octanol–water partition coefficient (Wildman–Crippen LogP) is 2.87. The zero-order chi connectivity index (χ0) is 15.9. The number of aromatic nitrogens is 1. The van der Waals surface area contributed by atoms with Crippen LogP contribution in [0.2, 0.25) is 0 Å². The van der Waals surface area contributed by atoms with E-state index >= 15 is 0 Å². The van der Waals surface area contributed by atoms with Crippen molar-refractivity contribution in [1.29, 1.82) is 0 Å². The number of hydrogen-bond donors (Lipinski definition) is 1. The number of hydrogen-bond acceptors (Lipinski definition) is 4. The lowest BCUT2D eigenvalue weighted by atomic mass is 10.0. The minimum atomic E-state index is 0.201. The zero-order valence-corrected chi connectivity index (χ0v) is 13.7. The highest BCUT2D eigenvalue weighted by Gasteiger charge is 2.24. The quantitative estimate of drug-likeness (QED) is 0.921. The van der Waals surface area contributed by atoms with Crippen LogP contribution in [-0.2, 0) is 0 Å².